The lowest BCUT2D eigenvalue weighted by atomic mass is 9.93. The van der Waals surface area contributed by atoms with Crippen molar-refractivity contribution in [2.45, 2.75) is 6.92 Å². The van der Waals surface area contributed by atoms with Crippen molar-refractivity contribution in [3.63, 3.8) is 0 Å². The number of hydrogen-bond acceptors (Lipinski definition) is 4. The minimum Gasteiger partial charge on any atom is -0.340 e. The zero-order valence-electron chi connectivity index (χ0n) is 10.9. The standard InChI is InChI=1S/C16H12N2O2/c1-10-6-7-15(17-9-10)18-13-8-14(19)16(20)12-5-3-2-4-11(12)13/h2-9H,1H3,(H,17,18). The second-order valence-corrected chi connectivity index (χ2v) is 4.64. The Morgan fingerprint density at radius 3 is 2.45 bits per heavy atom. The van der Waals surface area contributed by atoms with Crippen LogP contribution in [0.4, 0.5) is 5.82 Å². The van der Waals surface area contributed by atoms with Gasteiger partial charge in [-0.15, -0.1) is 0 Å². The molecule has 1 aromatic heterocycles. The largest absolute Gasteiger partial charge is 0.340 e. The number of fused-ring (bicyclic) bond motifs is 1. The van der Waals surface area contributed by atoms with E-state index >= 15 is 0 Å². The summed E-state index contributed by atoms with van der Waals surface area (Å²) in [7, 11) is 0. The van der Waals surface area contributed by atoms with Crippen LogP contribution in [0.3, 0.4) is 0 Å². The van der Waals surface area contributed by atoms with Crippen LogP contribution in [-0.2, 0) is 4.79 Å². The Labute approximate surface area is 116 Å². The van der Waals surface area contributed by atoms with Gasteiger partial charge >= 0.3 is 0 Å². The van der Waals surface area contributed by atoms with Crippen LogP contribution in [0, 0.1) is 6.92 Å². The fourth-order valence-electron chi connectivity index (χ4n) is 2.11. The molecule has 0 bridgehead atoms. The lowest BCUT2D eigenvalue weighted by Gasteiger charge is -2.17. The van der Waals surface area contributed by atoms with Crippen molar-refractivity contribution in [2.24, 2.45) is 0 Å². The molecule has 0 saturated heterocycles. The van der Waals surface area contributed by atoms with Crippen LogP contribution in [0.25, 0.3) is 5.70 Å². The highest BCUT2D eigenvalue weighted by atomic mass is 16.2. The number of aromatic nitrogens is 1. The summed E-state index contributed by atoms with van der Waals surface area (Å²) in [6.07, 6.45) is 3.07. The molecule has 1 aliphatic rings. The van der Waals surface area contributed by atoms with Gasteiger partial charge in [-0.25, -0.2) is 4.98 Å². The number of carbonyl (C=O) groups is 2. The van der Waals surface area contributed by atoms with Gasteiger partial charge in [0.25, 0.3) is 0 Å². The van der Waals surface area contributed by atoms with Crippen LogP contribution < -0.4 is 5.32 Å². The molecule has 1 N–H and O–H groups in total. The number of nitrogens with zero attached hydrogens (tertiary/aromatic N) is 1. The van der Waals surface area contributed by atoms with Crippen molar-refractivity contribution in [3.8, 4) is 0 Å². The highest BCUT2D eigenvalue weighted by Crippen LogP contribution is 2.25. The van der Waals surface area contributed by atoms with Gasteiger partial charge in [0, 0.05) is 23.4 Å². The van der Waals surface area contributed by atoms with E-state index in [9.17, 15) is 9.59 Å². The number of Topliss-reactive ketones (excluding diaryl/α,β-unsaturated/α-hetero) is 1. The Kier molecular flexibility index (Phi) is 2.91. The molecule has 3 rings (SSSR count). The second kappa shape index (κ2) is 4.74. The van der Waals surface area contributed by atoms with E-state index in [1.807, 2.05) is 31.2 Å². The lowest BCUT2D eigenvalue weighted by Crippen LogP contribution is -2.21. The number of hydrogen-bond donors (Lipinski definition) is 1. The fraction of sp³-hybridized carbons (Fsp3) is 0.0625. The Morgan fingerprint density at radius 1 is 1.00 bits per heavy atom. The van der Waals surface area contributed by atoms with Crippen molar-refractivity contribution in [1.29, 1.82) is 0 Å². The van der Waals surface area contributed by atoms with Crippen molar-refractivity contribution >= 4 is 23.1 Å². The van der Waals surface area contributed by atoms with E-state index in [4.69, 9.17) is 0 Å². The molecule has 0 atom stereocenters. The first kappa shape index (κ1) is 12.3. The monoisotopic (exact) mass is 264 g/mol. The lowest BCUT2D eigenvalue weighted by molar-refractivity contribution is -0.111. The summed E-state index contributed by atoms with van der Waals surface area (Å²) in [4.78, 5) is 27.8. The molecule has 0 unspecified atom stereocenters. The van der Waals surface area contributed by atoms with E-state index in [1.54, 1.807) is 18.3 Å². The van der Waals surface area contributed by atoms with Gasteiger partial charge in [0.1, 0.15) is 5.82 Å². The van der Waals surface area contributed by atoms with Gasteiger partial charge in [0.05, 0.1) is 5.70 Å². The zero-order chi connectivity index (χ0) is 14.1. The van der Waals surface area contributed by atoms with Gasteiger partial charge in [0.15, 0.2) is 0 Å². The SMILES string of the molecule is Cc1ccc(NC2=CC(=O)C(=O)c3ccccc32)nc1. The summed E-state index contributed by atoms with van der Waals surface area (Å²) in [6, 6.07) is 10.8. The molecule has 0 spiro atoms. The predicted molar refractivity (Wildman–Crippen MR) is 76.4 cm³/mol. The van der Waals surface area contributed by atoms with Gasteiger partial charge in [-0.3, -0.25) is 9.59 Å². The molecule has 4 nitrogen and oxygen atoms in total. The topological polar surface area (TPSA) is 59.1 Å². The number of pyridine rings is 1. The van der Waals surface area contributed by atoms with Crippen LogP contribution >= 0.6 is 0 Å². The maximum atomic E-state index is 11.8. The number of nitrogens with one attached hydrogen (secondary N) is 1. The molecule has 2 aromatic rings. The molecule has 98 valence electrons. The summed E-state index contributed by atoms with van der Waals surface area (Å²) in [5.41, 5.74) is 2.80. The van der Waals surface area contributed by atoms with Crippen LogP contribution in [0.1, 0.15) is 21.5 Å². The third-order valence-corrected chi connectivity index (χ3v) is 3.14. The van der Waals surface area contributed by atoms with Crippen molar-refractivity contribution in [2.75, 3.05) is 5.32 Å². The number of rotatable bonds is 2. The van der Waals surface area contributed by atoms with Crippen molar-refractivity contribution in [1.82, 2.24) is 4.98 Å². The Bertz CT molecular complexity index is 730. The van der Waals surface area contributed by atoms with Crippen molar-refractivity contribution in [3.05, 3.63) is 65.4 Å². The highest BCUT2D eigenvalue weighted by molar-refractivity contribution is 6.50. The fourth-order valence-corrected chi connectivity index (χ4v) is 2.11. The Morgan fingerprint density at radius 2 is 1.75 bits per heavy atom. The van der Waals surface area contributed by atoms with E-state index in [0.717, 1.165) is 11.1 Å². The van der Waals surface area contributed by atoms with Gasteiger partial charge in [-0.2, -0.15) is 0 Å². The van der Waals surface area contributed by atoms with Crippen LogP contribution in [0.15, 0.2) is 48.7 Å². The van der Waals surface area contributed by atoms with Gasteiger partial charge in [-0.05, 0) is 18.6 Å². The predicted octanol–water partition coefficient (Wildman–Crippen LogP) is 2.61. The van der Waals surface area contributed by atoms with E-state index < -0.39 is 11.6 Å². The quantitative estimate of drug-likeness (QED) is 0.847. The van der Waals surface area contributed by atoms with E-state index in [2.05, 4.69) is 10.3 Å². The first-order chi connectivity index (χ1) is 9.65. The molecule has 20 heavy (non-hydrogen) atoms. The van der Waals surface area contributed by atoms with Gasteiger partial charge < -0.3 is 5.32 Å². The molecule has 4 heteroatoms. The van der Waals surface area contributed by atoms with Crippen LogP contribution in [-0.4, -0.2) is 16.6 Å². The third-order valence-electron chi connectivity index (χ3n) is 3.14. The third kappa shape index (κ3) is 2.12. The summed E-state index contributed by atoms with van der Waals surface area (Å²) in [5.74, 6) is -0.347. The molecule has 0 amide bonds. The van der Waals surface area contributed by atoms with E-state index in [1.165, 1.54) is 6.08 Å². The average molecular weight is 264 g/mol. The van der Waals surface area contributed by atoms with Crippen LogP contribution in [0.5, 0.6) is 0 Å². The minimum absolute atomic E-state index is 0.426. The number of ketones is 2. The minimum atomic E-state index is -0.515. The van der Waals surface area contributed by atoms with Crippen LogP contribution in [0.2, 0.25) is 0 Å². The van der Waals surface area contributed by atoms with E-state index in [-0.39, 0.29) is 0 Å². The molecule has 0 aliphatic heterocycles. The number of anilines is 1. The average Bonchev–Trinajstić information content (AvgIpc) is 2.47. The molecule has 1 aromatic carbocycles. The number of carbonyl (C=O) groups excluding carboxylic acids is 2. The maximum absolute atomic E-state index is 11.8. The van der Waals surface area contributed by atoms with Gasteiger partial charge in [0.2, 0.25) is 11.6 Å². The number of allylic oxidation sites excluding steroid dienone is 1. The molecular weight excluding hydrogens is 252 g/mol. The molecule has 0 saturated carbocycles. The van der Waals surface area contributed by atoms with E-state index in [0.29, 0.717) is 17.1 Å². The first-order valence-electron chi connectivity index (χ1n) is 6.24. The molecule has 1 aliphatic carbocycles. The summed E-state index contributed by atoms with van der Waals surface area (Å²) in [6.45, 7) is 1.95. The smallest absolute Gasteiger partial charge is 0.233 e. The zero-order valence-corrected chi connectivity index (χ0v) is 10.9. The Balaban J connectivity index is 2.01. The molecule has 0 radical (unpaired) electrons. The summed E-state index contributed by atoms with van der Waals surface area (Å²) < 4.78 is 0. The highest BCUT2D eigenvalue weighted by Gasteiger charge is 2.25. The maximum Gasteiger partial charge on any atom is 0.233 e. The van der Waals surface area contributed by atoms with Gasteiger partial charge in [-0.1, -0.05) is 30.3 Å². The summed E-state index contributed by atoms with van der Waals surface area (Å²) in [5, 5.41) is 3.09. The second-order valence-electron chi connectivity index (χ2n) is 4.64. The summed E-state index contributed by atoms with van der Waals surface area (Å²) >= 11 is 0. The first-order valence-corrected chi connectivity index (χ1v) is 6.24. The Hall–Kier alpha value is -2.75. The van der Waals surface area contributed by atoms with Crippen molar-refractivity contribution < 1.29 is 9.59 Å². The molecule has 1 heterocycles. The number of aryl methyl sites for hydroxylation is 1. The normalized spacial score (nSPS) is 13.8. The number of benzene rings is 1. The molecule has 0 fully saturated rings. The molecular formula is C16H12N2O2.